The summed E-state index contributed by atoms with van der Waals surface area (Å²) in [7, 11) is 0. The van der Waals surface area contributed by atoms with Crippen molar-refractivity contribution in [3.05, 3.63) is 12.2 Å². The molecule has 0 saturated heterocycles. The SMILES string of the molecule is NCC1CC=CCC1F. The van der Waals surface area contributed by atoms with Crippen molar-refractivity contribution in [2.24, 2.45) is 11.7 Å². The molecule has 1 aliphatic rings. The zero-order valence-electron chi connectivity index (χ0n) is 5.39. The third-order valence-electron chi connectivity index (χ3n) is 1.78. The highest BCUT2D eigenvalue weighted by atomic mass is 19.1. The molecule has 0 spiro atoms. The molecule has 0 fully saturated rings. The Labute approximate surface area is 54.7 Å². The van der Waals surface area contributed by atoms with Gasteiger partial charge in [0, 0.05) is 5.92 Å². The summed E-state index contributed by atoms with van der Waals surface area (Å²) >= 11 is 0. The van der Waals surface area contributed by atoms with Crippen LogP contribution >= 0.6 is 0 Å². The molecule has 0 radical (unpaired) electrons. The molecule has 1 rings (SSSR count). The summed E-state index contributed by atoms with van der Waals surface area (Å²) in [6.07, 6.45) is 4.57. The molecule has 1 aliphatic carbocycles. The predicted molar refractivity (Wildman–Crippen MR) is 35.8 cm³/mol. The van der Waals surface area contributed by atoms with Gasteiger partial charge in [0.25, 0.3) is 0 Å². The van der Waals surface area contributed by atoms with E-state index >= 15 is 0 Å². The van der Waals surface area contributed by atoms with Crippen LogP contribution in [-0.2, 0) is 0 Å². The first kappa shape index (κ1) is 6.75. The van der Waals surface area contributed by atoms with Crippen LogP contribution < -0.4 is 5.73 Å². The first-order chi connectivity index (χ1) is 4.34. The van der Waals surface area contributed by atoms with E-state index < -0.39 is 6.17 Å². The van der Waals surface area contributed by atoms with Crippen LogP contribution in [0.5, 0.6) is 0 Å². The standard InChI is InChI=1S/C7H12FN/c8-7-4-2-1-3-6(7)5-9/h1-2,6-7H,3-5,9H2. The quantitative estimate of drug-likeness (QED) is 0.530. The Hall–Kier alpha value is -0.370. The number of rotatable bonds is 1. The molecule has 0 aromatic rings. The van der Waals surface area contributed by atoms with E-state index in [0.29, 0.717) is 13.0 Å². The van der Waals surface area contributed by atoms with Gasteiger partial charge in [-0.1, -0.05) is 12.2 Å². The van der Waals surface area contributed by atoms with Gasteiger partial charge in [0.05, 0.1) is 0 Å². The molecule has 0 aliphatic heterocycles. The van der Waals surface area contributed by atoms with Gasteiger partial charge in [0.2, 0.25) is 0 Å². The minimum atomic E-state index is -0.694. The summed E-state index contributed by atoms with van der Waals surface area (Å²) in [6, 6.07) is 0. The van der Waals surface area contributed by atoms with Gasteiger partial charge in [-0.25, -0.2) is 4.39 Å². The van der Waals surface area contributed by atoms with Gasteiger partial charge in [-0.15, -0.1) is 0 Å². The van der Waals surface area contributed by atoms with Crippen LogP contribution in [0.1, 0.15) is 12.8 Å². The maximum absolute atomic E-state index is 12.7. The zero-order valence-corrected chi connectivity index (χ0v) is 5.39. The Kier molecular flexibility index (Phi) is 2.22. The highest BCUT2D eigenvalue weighted by molar-refractivity contribution is 4.94. The highest BCUT2D eigenvalue weighted by Gasteiger charge is 2.19. The van der Waals surface area contributed by atoms with Crippen molar-refractivity contribution < 1.29 is 4.39 Å². The molecule has 0 aromatic carbocycles. The van der Waals surface area contributed by atoms with E-state index in [0.717, 1.165) is 6.42 Å². The molecular weight excluding hydrogens is 117 g/mol. The van der Waals surface area contributed by atoms with Gasteiger partial charge in [-0.05, 0) is 19.4 Å². The lowest BCUT2D eigenvalue weighted by Crippen LogP contribution is -2.25. The summed E-state index contributed by atoms with van der Waals surface area (Å²) < 4.78 is 12.7. The largest absolute Gasteiger partial charge is 0.330 e. The summed E-state index contributed by atoms with van der Waals surface area (Å²) in [6.45, 7) is 0.478. The van der Waals surface area contributed by atoms with Gasteiger partial charge in [-0.3, -0.25) is 0 Å². The smallest absolute Gasteiger partial charge is 0.108 e. The fourth-order valence-electron chi connectivity index (χ4n) is 1.08. The van der Waals surface area contributed by atoms with Crippen LogP contribution in [0.15, 0.2) is 12.2 Å². The van der Waals surface area contributed by atoms with E-state index in [2.05, 4.69) is 0 Å². The third kappa shape index (κ3) is 1.52. The number of allylic oxidation sites excluding steroid dienone is 2. The van der Waals surface area contributed by atoms with Crippen molar-refractivity contribution in [3.8, 4) is 0 Å². The second-order valence-corrected chi connectivity index (χ2v) is 2.45. The van der Waals surface area contributed by atoms with E-state index in [9.17, 15) is 4.39 Å². The molecular formula is C7H12FN. The van der Waals surface area contributed by atoms with Crippen LogP contribution in [0.4, 0.5) is 4.39 Å². The third-order valence-corrected chi connectivity index (χ3v) is 1.78. The number of halogens is 1. The van der Waals surface area contributed by atoms with Gasteiger partial charge in [-0.2, -0.15) is 0 Å². The molecule has 2 heteroatoms. The second-order valence-electron chi connectivity index (χ2n) is 2.45. The average molecular weight is 129 g/mol. The molecule has 2 N–H and O–H groups in total. The van der Waals surface area contributed by atoms with Crippen LogP contribution in [-0.4, -0.2) is 12.7 Å². The van der Waals surface area contributed by atoms with Crippen molar-refractivity contribution in [1.82, 2.24) is 0 Å². The monoisotopic (exact) mass is 129 g/mol. The summed E-state index contributed by atoms with van der Waals surface area (Å²) in [5, 5.41) is 0. The van der Waals surface area contributed by atoms with Crippen molar-refractivity contribution in [1.29, 1.82) is 0 Å². The summed E-state index contributed by atoms with van der Waals surface area (Å²) in [5.74, 6) is 0.0787. The number of hydrogen-bond donors (Lipinski definition) is 1. The van der Waals surface area contributed by atoms with Crippen LogP contribution in [0.25, 0.3) is 0 Å². The van der Waals surface area contributed by atoms with Crippen molar-refractivity contribution >= 4 is 0 Å². The van der Waals surface area contributed by atoms with Crippen molar-refractivity contribution in [2.45, 2.75) is 19.0 Å². The molecule has 1 nitrogen and oxygen atoms in total. The van der Waals surface area contributed by atoms with Crippen LogP contribution in [0.3, 0.4) is 0 Å². The van der Waals surface area contributed by atoms with Crippen molar-refractivity contribution in [3.63, 3.8) is 0 Å². The van der Waals surface area contributed by atoms with Gasteiger partial charge in [0.1, 0.15) is 6.17 Å². The lowest BCUT2D eigenvalue weighted by molar-refractivity contribution is 0.227. The van der Waals surface area contributed by atoms with Crippen LogP contribution in [0.2, 0.25) is 0 Å². The maximum Gasteiger partial charge on any atom is 0.108 e. The molecule has 0 amide bonds. The van der Waals surface area contributed by atoms with E-state index in [-0.39, 0.29) is 5.92 Å². The minimum absolute atomic E-state index is 0.0787. The number of alkyl halides is 1. The summed E-state index contributed by atoms with van der Waals surface area (Å²) in [5.41, 5.74) is 5.32. The fraction of sp³-hybridized carbons (Fsp3) is 0.714. The molecule has 52 valence electrons. The second kappa shape index (κ2) is 2.97. The average Bonchev–Trinajstić information content (AvgIpc) is 1.89. The van der Waals surface area contributed by atoms with E-state index in [1.807, 2.05) is 12.2 Å². The molecule has 9 heavy (non-hydrogen) atoms. The highest BCUT2D eigenvalue weighted by Crippen LogP contribution is 2.20. The Morgan fingerprint density at radius 1 is 1.44 bits per heavy atom. The van der Waals surface area contributed by atoms with Gasteiger partial charge < -0.3 is 5.73 Å². The lowest BCUT2D eigenvalue weighted by Gasteiger charge is -2.19. The zero-order chi connectivity index (χ0) is 6.69. The molecule has 0 bridgehead atoms. The van der Waals surface area contributed by atoms with Gasteiger partial charge >= 0.3 is 0 Å². The van der Waals surface area contributed by atoms with Gasteiger partial charge in [0.15, 0.2) is 0 Å². The Morgan fingerprint density at radius 3 is 2.56 bits per heavy atom. The first-order valence-electron chi connectivity index (χ1n) is 3.33. The molecule has 2 unspecified atom stereocenters. The Morgan fingerprint density at radius 2 is 2.11 bits per heavy atom. The topological polar surface area (TPSA) is 26.0 Å². The van der Waals surface area contributed by atoms with Crippen LogP contribution in [0, 0.1) is 5.92 Å². The molecule has 0 heterocycles. The van der Waals surface area contributed by atoms with E-state index in [1.54, 1.807) is 0 Å². The lowest BCUT2D eigenvalue weighted by atomic mass is 9.93. The molecule has 2 atom stereocenters. The fourth-order valence-corrected chi connectivity index (χ4v) is 1.08. The maximum atomic E-state index is 12.7. The predicted octanol–water partition coefficient (Wildman–Crippen LogP) is 1.25. The van der Waals surface area contributed by atoms with E-state index in [4.69, 9.17) is 5.73 Å². The summed E-state index contributed by atoms with van der Waals surface area (Å²) in [4.78, 5) is 0. The first-order valence-corrected chi connectivity index (χ1v) is 3.33. The van der Waals surface area contributed by atoms with E-state index in [1.165, 1.54) is 0 Å². The molecule has 0 aromatic heterocycles. The minimum Gasteiger partial charge on any atom is -0.330 e. The van der Waals surface area contributed by atoms with Crippen molar-refractivity contribution in [2.75, 3.05) is 6.54 Å². The Bertz CT molecular complexity index is 111. The molecule has 0 saturated carbocycles. The normalized spacial score (nSPS) is 34.9. The number of hydrogen-bond acceptors (Lipinski definition) is 1. The number of nitrogens with two attached hydrogens (primary N) is 1. The Balaban J connectivity index is 2.43.